The first kappa shape index (κ1) is 15.2. The number of rotatable bonds is 3. The SMILES string of the molecule is C[C@H](NC(=O)c1cc(Br)ccc1F)c1ccc(Br)cc1. The lowest BCUT2D eigenvalue weighted by Gasteiger charge is -2.15. The standard InChI is InChI=1S/C15H12Br2FNO/c1-9(10-2-4-11(16)5-3-10)19-15(20)13-8-12(17)6-7-14(13)18/h2-9H,1H3,(H,19,20)/t9-/m0/s1. The second kappa shape index (κ2) is 6.50. The zero-order chi connectivity index (χ0) is 14.7. The Balaban J connectivity index is 2.15. The predicted molar refractivity (Wildman–Crippen MR) is 84.1 cm³/mol. The van der Waals surface area contributed by atoms with Crippen molar-refractivity contribution < 1.29 is 9.18 Å². The molecule has 104 valence electrons. The molecule has 5 heteroatoms. The fourth-order valence-electron chi connectivity index (χ4n) is 1.78. The summed E-state index contributed by atoms with van der Waals surface area (Å²) < 4.78 is 15.3. The summed E-state index contributed by atoms with van der Waals surface area (Å²) in [7, 11) is 0. The van der Waals surface area contributed by atoms with Crippen LogP contribution in [0.2, 0.25) is 0 Å². The Labute approximate surface area is 133 Å². The number of carbonyl (C=O) groups excluding carboxylic acids is 1. The van der Waals surface area contributed by atoms with Crippen LogP contribution in [-0.4, -0.2) is 5.91 Å². The lowest BCUT2D eigenvalue weighted by atomic mass is 10.1. The van der Waals surface area contributed by atoms with Gasteiger partial charge < -0.3 is 5.32 Å². The Morgan fingerprint density at radius 3 is 2.35 bits per heavy atom. The Morgan fingerprint density at radius 1 is 1.10 bits per heavy atom. The maximum Gasteiger partial charge on any atom is 0.254 e. The van der Waals surface area contributed by atoms with Gasteiger partial charge in [-0.1, -0.05) is 44.0 Å². The highest BCUT2D eigenvalue weighted by Gasteiger charge is 2.15. The third-order valence-corrected chi connectivity index (χ3v) is 3.91. The van der Waals surface area contributed by atoms with Crippen LogP contribution < -0.4 is 5.32 Å². The van der Waals surface area contributed by atoms with Gasteiger partial charge in [0.05, 0.1) is 11.6 Å². The molecule has 0 radical (unpaired) electrons. The Morgan fingerprint density at radius 2 is 1.70 bits per heavy atom. The van der Waals surface area contributed by atoms with Crippen LogP contribution in [0.5, 0.6) is 0 Å². The van der Waals surface area contributed by atoms with Crippen molar-refractivity contribution in [2.45, 2.75) is 13.0 Å². The summed E-state index contributed by atoms with van der Waals surface area (Å²) in [6.45, 7) is 1.86. The molecule has 2 nitrogen and oxygen atoms in total. The van der Waals surface area contributed by atoms with Crippen molar-refractivity contribution in [1.29, 1.82) is 0 Å². The molecule has 0 saturated carbocycles. The summed E-state index contributed by atoms with van der Waals surface area (Å²) >= 11 is 6.59. The molecule has 0 bridgehead atoms. The molecule has 0 saturated heterocycles. The van der Waals surface area contributed by atoms with E-state index in [2.05, 4.69) is 37.2 Å². The number of carbonyl (C=O) groups is 1. The van der Waals surface area contributed by atoms with Gasteiger partial charge in [0.25, 0.3) is 5.91 Å². The van der Waals surface area contributed by atoms with Crippen molar-refractivity contribution in [2.24, 2.45) is 0 Å². The fraction of sp³-hybridized carbons (Fsp3) is 0.133. The molecule has 0 aromatic heterocycles. The maximum atomic E-state index is 13.6. The highest BCUT2D eigenvalue weighted by Crippen LogP contribution is 2.19. The molecule has 0 aliphatic carbocycles. The molecule has 1 atom stereocenters. The summed E-state index contributed by atoms with van der Waals surface area (Å²) in [5, 5.41) is 2.78. The predicted octanol–water partition coefficient (Wildman–Crippen LogP) is 4.84. The summed E-state index contributed by atoms with van der Waals surface area (Å²) in [6.07, 6.45) is 0. The van der Waals surface area contributed by atoms with E-state index in [4.69, 9.17) is 0 Å². The number of benzene rings is 2. The molecular weight excluding hydrogens is 389 g/mol. The van der Waals surface area contributed by atoms with E-state index in [9.17, 15) is 9.18 Å². The lowest BCUT2D eigenvalue weighted by molar-refractivity contribution is 0.0935. The topological polar surface area (TPSA) is 29.1 Å². The molecule has 0 spiro atoms. The third kappa shape index (κ3) is 3.67. The van der Waals surface area contributed by atoms with Crippen LogP contribution in [-0.2, 0) is 0 Å². The molecule has 1 amide bonds. The van der Waals surface area contributed by atoms with E-state index in [0.29, 0.717) is 4.47 Å². The van der Waals surface area contributed by atoms with Gasteiger partial charge in [0.15, 0.2) is 0 Å². The van der Waals surface area contributed by atoms with Crippen molar-refractivity contribution >= 4 is 37.8 Å². The van der Waals surface area contributed by atoms with E-state index < -0.39 is 11.7 Å². The van der Waals surface area contributed by atoms with Gasteiger partial charge in [0.1, 0.15) is 5.82 Å². The second-order valence-electron chi connectivity index (χ2n) is 4.37. The first-order valence-electron chi connectivity index (χ1n) is 5.99. The van der Waals surface area contributed by atoms with Crippen LogP contribution in [0.15, 0.2) is 51.4 Å². The van der Waals surface area contributed by atoms with Crippen molar-refractivity contribution in [3.05, 3.63) is 68.4 Å². The number of amides is 1. The average Bonchev–Trinajstić information content (AvgIpc) is 2.42. The summed E-state index contributed by atoms with van der Waals surface area (Å²) in [5.74, 6) is -0.965. The van der Waals surface area contributed by atoms with Crippen LogP contribution in [0, 0.1) is 5.82 Å². The monoisotopic (exact) mass is 399 g/mol. The number of hydrogen-bond acceptors (Lipinski definition) is 1. The van der Waals surface area contributed by atoms with Crippen molar-refractivity contribution in [2.75, 3.05) is 0 Å². The van der Waals surface area contributed by atoms with Gasteiger partial charge in [-0.2, -0.15) is 0 Å². The van der Waals surface area contributed by atoms with Gasteiger partial charge in [-0.25, -0.2) is 4.39 Å². The fourth-order valence-corrected chi connectivity index (χ4v) is 2.41. The minimum Gasteiger partial charge on any atom is -0.345 e. The van der Waals surface area contributed by atoms with Gasteiger partial charge >= 0.3 is 0 Å². The first-order valence-corrected chi connectivity index (χ1v) is 7.57. The zero-order valence-corrected chi connectivity index (χ0v) is 13.8. The minimum atomic E-state index is -0.534. The van der Waals surface area contributed by atoms with Crippen LogP contribution in [0.3, 0.4) is 0 Å². The molecule has 0 heterocycles. The summed E-state index contributed by atoms with van der Waals surface area (Å²) in [6, 6.07) is 11.7. The molecule has 1 N–H and O–H groups in total. The smallest absolute Gasteiger partial charge is 0.254 e. The van der Waals surface area contributed by atoms with Crippen molar-refractivity contribution in [3.8, 4) is 0 Å². The highest BCUT2D eigenvalue weighted by molar-refractivity contribution is 9.10. The zero-order valence-electron chi connectivity index (χ0n) is 10.7. The normalized spacial score (nSPS) is 12.0. The first-order chi connectivity index (χ1) is 9.47. The Kier molecular flexibility index (Phi) is 4.94. The van der Waals surface area contributed by atoms with E-state index in [1.807, 2.05) is 31.2 Å². The molecule has 2 rings (SSSR count). The van der Waals surface area contributed by atoms with Crippen LogP contribution >= 0.6 is 31.9 Å². The van der Waals surface area contributed by atoms with Gasteiger partial charge in [0.2, 0.25) is 0 Å². The number of hydrogen-bond donors (Lipinski definition) is 1. The average molecular weight is 401 g/mol. The van der Waals surface area contributed by atoms with E-state index >= 15 is 0 Å². The highest BCUT2D eigenvalue weighted by atomic mass is 79.9. The minimum absolute atomic E-state index is 0.0309. The summed E-state index contributed by atoms with van der Waals surface area (Å²) in [4.78, 5) is 12.1. The van der Waals surface area contributed by atoms with E-state index in [0.717, 1.165) is 10.0 Å². The van der Waals surface area contributed by atoms with Crippen LogP contribution in [0.4, 0.5) is 4.39 Å². The maximum absolute atomic E-state index is 13.6. The number of nitrogens with one attached hydrogen (secondary N) is 1. The Hall–Kier alpha value is -1.20. The lowest BCUT2D eigenvalue weighted by Crippen LogP contribution is -2.27. The quantitative estimate of drug-likeness (QED) is 0.784. The molecule has 2 aromatic rings. The molecule has 0 fully saturated rings. The van der Waals surface area contributed by atoms with E-state index in [1.54, 1.807) is 6.07 Å². The van der Waals surface area contributed by atoms with Crippen LogP contribution in [0.1, 0.15) is 28.9 Å². The molecule has 0 aliphatic rings. The molecule has 0 unspecified atom stereocenters. The van der Waals surface area contributed by atoms with Gasteiger partial charge in [-0.15, -0.1) is 0 Å². The van der Waals surface area contributed by atoms with E-state index in [1.165, 1.54) is 12.1 Å². The van der Waals surface area contributed by atoms with Gasteiger partial charge in [0, 0.05) is 8.95 Å². The van der Waals surface area contributed by atoms with Gasteiger partial charge in [-0.05, 0) is 42.8 Å². The molecule has 2 aromatic carbocycles. The Bertz CT molecular complexity index is 628. The molecule has 20 heavy (non-hydrogen) atoms. The summed E-state index contributed by atoms with van der Waals surface area (Å²) in [5.41, 5.74) is 0.986. The van der Waals surface area contributed by atoms with Gasteiger partial charge in [-0.3, -0.25) is 4.79 Å². The third-order valence-electron chi connectivity index (χ3n) is 2.89. The van der Waals surface area contributed by atoms with Crippen molar-refractivity contribution in [3.63, 3.8) is 0 Å². The van der Waals surface area contributed by atoms with Crippen molar-refractivity contribution in [1.82, 2.24) is 5.32 Å². The van der Waals surface area contributed by atoms with Crippen LogP contribution in [0.25, 0.3) is 0 Å². The number of halogens is 3. The largest absolute Gasteiger partial charge is 0.345 e. The molecular formula is C15H12Br2FNO. The second-order valence-corrected chi connectivity index (χ2v) is 6.20. The van der Waals surface area contributed by atoms with E-state index in [-0.39, 0.29) is 11.6 Å². The molecule has 0 aliphatic heterocycles.